The predicted molar refractivity (Wildman–Crippen MR) is 153 cm³/mol. The van der Waals surface area contributed by atoms with Crippen molar-refractivity contribution in [2.45, 2.75) is 32.9 Å². The summed E-state index contributed by atoms with van der Waals surface area (Å²) in [6.07, 6.45) is 8.08. The average Bonchev–Trinajstić information content (AvgIpc) is 3.40. The molecule has 6 nitrogen and oxygen atoms in total. The first-order valence-corrected chi connectivity index (χ1v) is 13.2. The molecule has 0 unspecified atom stereocenters. The molecular formula is C32H35N5O. The molecule has 3 aromatic carbocycles. The zero-order valence-electron chi connectivity index (χ0n) is 22.1. The molecule has 0 spiro atoms. The third kappa shape index (κ3) is 6.76. The predicted octanol–water partition coefficient (Wildman–Crippen LogP) is 5.89. The maximum absolute atomic E-state index is 13.2. The Morgan fingerprint density at radius 3 is 2.42 bits per heavy atom. The number of imidazole rings is 1. The van der Waals surface area contributed by atoms with Crippen molar-refractivity contribution < 1.29 is 4.79 Å². The number of piperazine rings is 1. The van der Waals surface area contributed by atoms with Gasteiger partial charge in [0, 0.05) is 51.0 Å². The number of hydrogen-bond donors (Lipinski definition) is 0. The molecule has 0 aliphatic carbocycles. The normalized spacial score (nSPS) is 13.4. The smallest absolute Gasteiger partial charge is 0.254 e. The topological polar surface area (TPSA) is 65.2 Å². The van der Waals surface area contributed by atoms with Gasteiger partial charge in [-0.2, -0.15) is 5.26 Å². The van der Waals surface area contributed by atoms with Crippen molar-refractivity contribution in [1.29, 1.82) is 5.26 Å². The molecule has 1 aliphatic rings. The number of benzene rings is 3. The Morgan fingerprint density at radius 1 is 1.00 bits per heavy atom. The van der Waals surface area contributed by atoms with Crippen molar-refractivity contribution >= 4 is 16.7 Å². The Kier molecular flexibility index (Phi) is 9.44. The Hall–Kier alpha value is -4.21. The van der Waals surface area contributed by atoms with Crippen LogP contribution in [0.1, 0.15) is 46.9 Å². The van der Waals surface area contributed by atoms with Gasteiger partial charge in [0.2, 0.25) is 0 Å². The molecule has 194 valence electrons. The van der Waals surface area contributed by atoms with Gasteiger partial charge in [-0.3, -0.25) is 9.69 Å². The molecule has 5 rings (SSSR count). The van der Waals surface area contributed by atoms with Crippen molar-refractivity contribution in [2.75, 3.05) is 26.2 Å². The molecule has 2 heterocycles. The molecule has 38 heavy (non-hydrogen) atoms. The maximum Gasteiger partial charge on any atom is 0.254 e. The van der Waals surface area contributed by atoms with E-state index in [1.807, 2.05) is 90.2 Å². The number of nitrogens with zero attached hydrogens (tertiary/aromatic N) is 5. The van der Waals surface area contributed by atoms with Gasteiger partial charge in [-0.05, 0) is 41.0 Å². The molecule has 4 aromatic rings. The number of carbonyl (C=O) groups is 1. The molecular weight excluding hydrogens is 470 g/mol. The summed E-state index contributed by atoms with van der Waals surface area (Å²) in [4.78, 5) is 21.9. The quantitative estimate of drug-likeness (QED) is 0.294. The highest BCUT2D eigenvalue weighted by Gasteiger charge is 2.24. The van der Waals surface area contributed by atoms with Gasteiger partial charge >= 0.3 is 0 Å². The summed E-state index contributed by atoms with van der Waals surface area (Å²) in [6, 6.07) is 23.8. The van der Waals surface area contributed by atoms with Gasteiger partial charge in [0.25, 0.3) is 5.91 Å². The Morgan fingerprint density at radius 2 is 1.74 bits per heavy atom. The van der Waals surface area contributed by atoms with Gasteiger partial charge < -0.3 is 9.47 Å². The van der Waals surface area contributed by atoms with Crippen LogP contribution in [-0.2, 0) is 13.1 Å². The van der Waals surface area contributed by atoms with Crippen LogP contribution in [0.15, 0.2) is 91.9 Å². The van der Waals surface area contributed by atoms with Crippen LogP contribution < -0.4 is 0 Å². The number of allylic oxidation sites excluding steroid dienone is 1. The zero-order valence-corrected chi connectivity index (χ0v) is 22.1. The van der Waals surface area contributed by atoms with Crippen LogP contribution in [0.2, 0.25) is 0 Å². The van der Waals surface area contributed by atoms with Gasteiger partial charge in [-0.25, -0.2) is 4.98 Å². The molecule has 0 atom stereocenters. The van der Waals surface area contributed by atoms with Crippen LogP contribution in [0.3, 0.4) is 0 Å². The summed E-state index contributed by atoms with van der Waals surface area (Å²) >= 11 is 0. The highest BCUT2D eigenvalue weighted by Crippen LogP contribution is 2.21. The van der Waals surface area contributed by atoms with E-state index in [1.165, 1.54) is 6.42 Å². The minimum atomic E-state index is 0.109. The van der Waals surface area contributed by atoms with Crippen molar-refractivity contribution in [2.24, 2.45) is 0 Å². The second-order valence-corrected chi connectivity index (χ2v) is 9.49. The van der Waals surface area contributed by atoms with E-state index in [0.717, 1.165) is 60.2 Å². The standard InChI is InChI=1S/C27H25N5O.C5H10/c28-16-21-8-10-22(11-9-21)18-32-20-29-17-24(32)19-30-12-14-31(15-13-30)27(33)26-7-3-5-23-4-1-2-6-25(23)26;1-3-5-4-2/h1-11,17,20H,12-15,18-19H2;3H,1,4-5H2,2H3. The summed E-state index contributed by atoms with van der Waals surface area (Å²) in [5.41, 5.74) is 3.73. The number of rotatable bonds is 7. The fraction of sp³-hybridized carbons (Fsp3) is 0.281. The van der Waals surface area contributed by atoms with Crippen LogP contribution in [0.5, 0.6) is 0 Å². The molecule has 1 saturated heterocycles. The van der Waals surface area contributed by atoms with Crippen LogP contribution in [0, 0.1) is 11.3 Å². The van der Waals surface area contributed by atoms with Gasteiger partial charge in [0.1, 0.15) is 0 Å². The summed E-state index contributed by atoms with van der Waals surface area (Å²) in [7, 11) is 0. The molecule has 1 aromatic heterocycles. The van der Waals surface area contributed by atoms with E-state index in [0.29, 0.717) is 18.7 Å². The lowest BCUT2D eigenvalue weighted by Gasteiger charge is -2.35. The second-order valence-electron chi connectivity index (χ2n) is 9.49. The molecule has 0 N–H and O–H groups in total. The lowest BCUT2D eigenvalue weighted by molar-refractivity contribution is 0.0627. The van der Waals surface area contributed by atoms with Gasteiger partial charge in [0.15, 0.2) is 0 Å². The molecule has 1 aliphatic heterocycles. The van der Waals surface area contributed by atoms with Crippen LogP contribution in [-0.4, -0.2) is 51.4 Å². The zero-order chi connectivity index (χ0) is 26.7. The van der Waals surface area contributed by atoms with E-state index in [2.05, 4.69) is 34.0 Å². The lowest BCUT2D eigenvalue weighted by Crippen LogP contribution is -2.48. The van der Waals surface area contributed by atoms with E-state index in [9.17, 15) is 4.79 Å². The molecule has 6 heteroatoms. The lowest BCUT2D eigenvalue weighted by atomic mass is 10.0. The molecule has 0 bridgehead atoms. The van der Waals surface area contributed by atoms with Crippen molar-refractivity contribution in [1.82, 2.24) is 19.4 Å². The van der Waals surface area contributed by atoms with Gasteiger partial charge in [0.05, 0.1) is 23.7 Å². The highest BCUT2D eigenvalue weighted by molar-refractivity contribution is 6.07. The first kappa shape index (κ1) is 26.8. The van der Waals surface area contributed by atoms with E-state index in [1.54, 1.807) is 0 Å². The first-order chi connectivity index (χ1) is 18.6. The fourth-order valence-corrected chi connectivity index (χ4v) is 4.63. The Bertz CT molecular complexity index is 1390. The fourth-order valence-electron chi connectivity index (χ4n) is 4.63. The van der Waals surface area contributed by atoms with Crippen LogP contribution >= 0.6 is 0 Å². The number of carbonyl (C=O) groups excluding carboxylic acids is 1. The third-order valence-corrected chi connectivity index (χ3v) is 6.79. The van der Waals surface area contributed by atoms with Crippen LogP contribution in [0.25, 0.3) is 10.8 Å². The van der Waals surface area contributed by atoms with Gasteiger partial charge in [-0.15, -0.1) is 6.58 Å². The molecule has 0 radical (unpaired) electrons. The monoisotopic (exact) mass is 505 g/mol. The number of amides is 1. The van der Waals surface area contributed by atoms with E-state index in [4.69, 9.17) is 5.26 Å². The Labute approximate surface area is 225 Å². The third-order valence-electron chi connectivity index (χ3n) is 6.79. The van der Waals surface area contributed by atoms with E-state index >= 15 is 0 Å². The number of aromatic nitrogens is 2. The van der Waals surface area contributed by atoms with Crippen molar-refractivity contribution in [3.63, 3.8) is 0 Å². The molecule has 0 saturated carbocycles. The van der Waals surface area contributed by atoms with Gasteiger partial charge in [-0.1, -0.05) is 68.0 Å². The van der Waals surface area contributed by atoms with Crippen molar-refractivity contribution in [3.05, 3.63) is 114 Å². The number of fused-ring (bicyclic) bond motifs is 1. The average molecular weight is 506 g/mol. The van der Waals surface area contributed by atoms with Crippen LogP contribution in [0.4, 0.5) is 0 Å². The largest absolute Gasteiger partial charge is 0.336 e. The minimum Gasteiger partial charge on any atom is -0.336 e. The number of unbranched alkanes of at least 4 members (excludes halogenated alkanes) is 1. The minimum absolute atomic E-state index is 0.109. The second kappa shape index (κ2) is 13.4. The SMILES string of the molecule is C=CCCC.N#Cc1ccc(Cn2cncc2CN2CCN(C(=O)c3cccc4ccccc34)CC2)cc1. The summed E-state index contributed by atoms with van der Waals surface area (Å²) < 4.78 is 2.15. The first-order valence-electron chi connectivity index (χ1n) is 13.2. The molecule has 1 amide bonds. The highest BCUT2D eigenvalue weighted by atomic mass is 16.2. The Balaban J connectivity index is 0.000000617. The maximum atomic E-state index is 13.2. The molecule has 1 fully saturated rings. The summed E-state index contributed by atoms with van der Waals surface area (Å²) in [5, 5.41) is 11.1. The van der Waals surface area contributed by atoms with E-state index < -0.39 is 0 Å². The summed E-state index contributed by atoms with van der Waals surface area (Å²) in [5.74, 6) is 0.109. The van der Waals surface area contributed by atoms with E-state index in [-0.39, 0.29) is 5.91 Å². The summed E-state index contributed by atoms with van der Waals surface area (Å²) in [6.45, 7) is 10.3. The number of hydrogen-bond acceptors (Lipinski definition) is 4. The number of nitriles is 1. The van der Waals surface area contributed by atoms with Crippen molar-refractivity contribution in [3.8, 4) is 6.07 Å².